The number of carbonyl (C=O) groups is 3. The van der Waals surface area contributed by atoms with Crippen LogP contribution >= 0.6 is 57.2 Å². The smallest absolute Gasteiger partial charge is 0.413 e. The van der Waals surface area contributed by atoms with Crippen molar-refractivity contribution in [3.63, 3.8) is 0 Å². The van der Waals surface area contributed by atoms with Gasteiger partial charge in [-0.15, -0.1) is 46.9 Å². The molecule has 109 heavy (non-hydrogen) atoms. The second kappa shape index (κ2) is 33.1. The number of nitrogens with zero attached hydrogens (tertiary/aromatic N) is 13. The first-order valence-corrected chi connectivity index (χ1v) is 39.1. The number of nitrogens with one attached hydrogen (secondary N) is 12. The molecule has 1 aliphatic heterocycles. The number of halogens is 2. The van der Waals surface area contributed by atoms with Crippen LogP contribution in [0.25, 0.3) is 32.1 Å². The first kappa shape index (κ1) is 76.0. The highest BCUT2D eigenvalue weighted by Gasteiger charge is 2.31. The molecule has 0 bridgehead atoms. The summed E-state index contributed by atoms with van der Waals surface area (Å²) in [5, 5.41) is 65.1. The van der Waals surface area contributed by atoms with Crippen molar-refractivity contribution in [2.24, 2.45) is 0 Å². The number of aliphatic hydroxyl groups excluding tert-OH is 1. The van der Waals surface area contributed by atoms with Crippen molar-refractivity contribution in [1.82, 2.24) is 96.0 Å². The second-order valence-electron chi connectivity index (χ2n) is 26.9. The number of aromatic nitrogens is 16. The van der Waals surface area contributed by atoms with Crippen LogP contribution in [0, 0.1) is 30.1 Å². The van der Waals surface area contributed by atoms with Crippen LogP contribution in [0.1, 0.15) is 165 Å². The summed E-state index contributed by atoms with van der Waals surface area (Å²) in [7, 11) is -3.91. The van der Waals surface area contributed by atoms with Gasteiger partial charge < -0.3 is 41.3 Å². The van der Waals surface area contributed by atoms with E-state index in [2.05, 4.69) is 124 Å². The van der Waals surface area contributed by atoms with Crippen molar-refractivity contribution in [1.29, 1.82) is 5.41 Å². The lowest BCUT2D eigenvalue weighted by Crippen LogP contribution is -2.36. The van der Waals surface area contributed by atoms with Crippen molar-refractivity contribution in [2.45, 2.75) is 139 Å². The monoisotopic (exact) mass is 1590 g/mol. The Morgan fingerprint density at radius 2 is 1.06 bits per heavy atom. The van der Waals surface area contributed by atoms with E-state index in [9.17, 15) is 27.9 Å². The highest BCUT2D eigenvalue weighted by molar-refractivity contribution is 7.92. The number of aromatic amines is 4. The summed E-state index contributed by atoms with van der Waals surface area (Å²) >= 11 is 16.1. The Bertz CT molecular complexity index is 5400. The van der Waals surface area contributed by atoms with Crippen molar-refractivity contribution >= 4 is 143 Å². The Balaban J connectivity index is 0.000000171. The van der Waals surface area contributed by atoms with Crippen molar-refractivity contribution in [2.75, 3.05) is 39.3 Å². The zero-order valence-corrected chi connectivity index (χ0v) is 64.0. The molecule has 5 fully saturated rings. The summed E-state index contributed by atoms with van der Waals surface area (Å²) in [6, 6.07) is 18.2. The molecule has 0 aromatic carbocycles. The number of carbonyl (C=O) groups excluding carboxylic acids is 3. The minimum atomic E-state index is -3.91. The summed E-state index contributed by atoms with van der Waals surface area (Å²) in [6.45, 7) is 9.43. The largest absolute Gasteiger partial charge is 0.444 e. The Hall–Kier alpha value is -11.3. The normalized spacial score (nSPS) is 15.1. The molecule has 4 saturated carbocycles. The van der Waals surface area contributed by atoms with Crippen LogP contribution in [-0.4, -0.2) is 143 Å². The van der Waals surface area contributed by atoms with Gasteiger partial charge in [-0.25, -0.2) is 52.8 Å². The first-order valence-electron chi connectivity index (χ1n) is 34.4. The number of hydrogen-bond donors (Lipinski definition) is 13. The van der Waals surface area contributed by atoms with Crippen LogP contribution in [0.15, 0.2) is 89.7 Å². The van der Waals surface area contributed by atoms with E-state index in [1.54, 1.807) is 51.4 Å². The standard InChI is InChI=1S/C20H22ClN7O2S.C18H21N7O.C17H15N5OS.C16H15ClN6O3S2.4H2/c1-20(2,3)30-19(29)25-16(22)13-6-7-14(31-13)18-23-9-11(21)17(26-18)24-15-8-12(27-28-15)10-4-5-10;1-3-12-9-19-18(25-7-6-14(10-25)20-11(2)26)22-17(12)21-16-8-15(23-24-16)13-4-5-13;1-2-10-8-18-17(14-6-5-12(9-23)24-14)20-16(10)19-15-7-13(21-22-15)11-3-4-11;1-8(24)23-28(25,26)14-5-4-12(27-14)16-18-7-10(17)15(20-16)19-13-6-11(21-22-13)9-2-3-9;;;;/h6-10H,4-5H2,1-3H3,(H2,22,25,29)(H2,23,24,26,27,28);1,8-9,13-14H,4-7,10H2,2H3,(H,20,26)(H2,19,21,22,23,24);1,5-8,11,23H,3-4,9H2,(H2,18,19,20,21,22);4-7,9H,2-3H2,1H3,(H,23,24)(H2,18,19,20,21,22);4*1H/t;14-;;;;;;/m.0....../s1. The molecule has 16 rings (SSSR count). The molecule has 5 aliphatic rings. The van der Waals surface area contributed by atoms with E-state index in [0.29, 0.717) is 131 Å². The summed E-state index contributed by atoms with van der Waals surface area (Å²) < 4.78 is 31.3. The molecule has 0 unspecified atom stereocenters. The van der Waals surface area contributed by atoms with E-state index in [-0.39, 0.29) is 34.3 Å². The van der Waals surface area contributed by atoms with Crippen molar-refractivity contribution in [3.8, 4) is 56.8 Å². The number of aliphatic hydroxyl groups is 1. The highest BCUT2D eigenvalue weighted by atomic mass is 35.5. The molecule has 570 valence electrons. The molecule has 38 heteroatoms. The van der Waals surface area contributed by atoms with Gasteiger partial charge in [-0.3, -0.25) is 40.7 Å². The number of H-pyrrole nitrogens is 4. The molecule has 32 nitrogen and oxygen atoms in total. The Morgan fingerprint density at radius 3 is 1.51 bits per heavy atom. The summed E-state index contributed by atoms with van der Waals surface area (Å²) in [5.41, 5.74) is 4.97. The van der Waals surface area contributed by atoms with E-state index in [0.717, 1.165) is 81.5 Å². The fourth-order valence-electron chi connectivity index (χ4n) is 10.9. The lowest BCUT2D eigenvalue weighted by Gasteiger charge is -2.19. The lowest BCUT2D eigenvalue weighted by molar-refractivity contribution is -0.119. The highest BCUT2D eigenvalue weighted by Crippen LogP contribution is 2.43. The number of amides is 3. The zero-order valence-electron chi connectivity index (χ0n) is 59.2. The predicted octanol–water partition coefficient (Wildman–Crippen LogP) is 13.6. The van der Waals surface area contributed by atoms with Gasteiger partial charge in [-0.05, 0) is 115 Å². The average Bonchev–Trinajstić information content (AvgIpc) is 1.65. The summed E-state index contributed by atoms with van der Waals surface area (Å²) in [4.78, 5) is 75.0. The van der Waals surface area contributed by atoms with Gasteiger partial charge in [0.2, 0.25) is 17.8 Å². The summed E-state index contributed by atoms with van der Waals surface area (Å²) in [5.74, 6) is 13.2. The van der Waals surface area contributed by atoms with E-state index in [1.165, 1.54) is 86.6 Å². The van der Waals surface area contributed by atoms with Crippen LogP contribution in [0.5, 0.6) is 0 Å². The van der Waals surface area contributed by atoms with Gasteiger partial charge >= 0.3 is 6.09 Å². The molecule has 11 aromatic rings. The predicted molar refractivity (Wildman–Crippen MR) is 425 cm³/mol. The fourth-order valence-corrected chi connectivity index (χ4v) is 15.1. The van der Waals surface area contributed by atoms with Gasteiger partial charge in [0.1, 0.15) is 25.7 Å². The van der Waals surface area contributed by atoms with Gasteiger partial charge in [-0.1, -0.05) is 35.0 Å². The summed E-state index contributed by atoms with van der Waals surface area (Å²) in [6.07, 6.45) is 27.1. The van der Waals surface area contributed by atoms with E-state index < -0.39 is 27.6 Å². The Morgan fingerprint density at radius 1 is 0.615 bits per heavy atom. The maximum absolute atomic E-state index is 12.1. The van der Waals surface area contributed by atoms with Crippen LogP contribution in [0.2, 0.25) is 10.0 Å². The third-order valence-electron chi connectivity index (χ3n) is 16.8. The number of terminal acetylenes is 2. The minimum Gasteiger partial charge on any atom is -0.444 e. The van der Waals surface area contributed by atoms with Crippen LogP contribution < -0.4 is 41.5 Å². The van der Waals surface area contributed by atoms with E-state index >= 15 is 0 Å². The van der Waals surface area contributed by atoms with Gasteiger partial charge in [0.15, 0.2) is 64.0 Å². The molecule has 12 heterocycles. The number of sulfonamides is 1. The average molecular weight is 1600 g/mol. The number of anilines is 9. The van der Waals surface area contributed by atoms with Gasteiger partial charge in [0.05, 0.1) is 55.8 Å². The van der Waals surface area contributed by atoms with E-state index in [4.69, 9.17) is 46.2 Å². The Kier molecular flexibility index (Phi) is 23.1. The van der Waals surface area contributed by atoms with E-state index in [1.807, 2.05) is 46.0 Å². The van der Waals surface area contributed by atoms with Gasteiger partial charge in [0.25, 0.3) is 10.0 Å². The van der Waals surface area contributed by atoms with Gasteiger partial charge in [0, 0.05) is 120 Å². The number of alkyl carbamates (subject to hydrolysis) is 1. The minimum absolute atomic E-state index is 0. The molecule has 11 aromatic heterocycles. The van der Waals surface area contributed by atoms with Crippen LogP contribution in [-0.2, 0) is 31.0 Å². The molecule has 0 radical (unpaired) electrons. The van der Waals surface area contributed by atoms with Crippen molar-refractivity contribution in [3.05, 3.63) is 139 Å². The molecule has 13 N–H and O–H groups in total. The Labute approximate surface area is 653 Å². The zero-order chi connectivity index (χ0) is 76.7. The number of ether oxygens (including phenoxy) is 1. The lowest BCUT2D eigenvalue weighted by atomic mass is 10.2. The van der Waals surface area contributed by atoms with Crippen LogP contribution in [0.3, 0.4) is 0 Å². The maximum atomic E-state index is 12.1. The number of rotatable bonds is 21. The molecular weight excluding hydrogens is 1510 g/mol. The molecule has 3 amide bonds. The molecule has 1 saturated heterocycles. The fraction of sp³-hybridized carbons (Fsp3) is 0.324. The third kappa shape index (κ3) is 20.3. The van der Waals surface area contributed by atoms with Crippen LogP contribution in [0.4, 0.5) is 57.3 Å². The molecule has 1 atom stereocenters. The SMILES string of the molecule is C#Cc1cnc(-c2ccc(CO)s2)nc1Nc1cc(C2CC2)[nH]n1.C#Cc1cnc(N2CC[C@H](NC(C)=O)C2)nc1Nc1cc(C2CC2)[nH]n1.CC(=O)NS(=O)(=O)c1ccc(-c2ncc(Cl)c(Nc3cc(C4CC4)[nH]n3)n2)s1.CC(C)(C)OC(=O)NC(=N)c1ccc(-c2ncc(Cl)c(Nc3cc(C4CC4)[nH]n3)n2)s1.[HH].[HH].[HH].[HH]. The molecule has 4 aliphatic carbocycles. The molecule has 0 spiro atoms. The van der Waals surface area contributed by atoms with Gasteiger partial charge in [-0.2, -0.15) is 25.4 Å². The maximum Gasteiger partial charge on any atom is 0.413 e. The number of thiophene rings is 3. The van der Waals surface area contributed by atoms with Crippen molar-refractivity contribution < 1.29 is 38.4 Å². The third-order valence-corrected chi connectivity index (χ3v) is 22.5. The second-order valence-corrected chi connectivity index (χ2v) is 33.0. The number of amidine groups is 1. The first-order chi connectivity index (χ1) is 52.4. The quantitative estimate of drug-likeness (QED) is 0.0180. The molecular formula is C71H81Cl2N25O7S4. The number of hydrogen-bond acceptors (Lipinski definition) is 28. The topological polar surface area (TPSA) is 444 Å².